The van der Waals surface area contributed by atoms with E-state index >= 15 is 0 Å². The predicted octanol–water partition coefficient (Wildman–Crippen LogP) is 1.15. The van der Waals surface area contributed by atoms with Crippen LogP contribution in [0.3, 0.4) is 0 Å². The molecule has 1 aromatic rings. The van der Waals surface area contributed by atoms with Gasteiger partial charge in [-0.3, -0.25) is 0 Å². The first kappa shape index (κ1) is 10.2. The van der Waals surface area contributed by atoms with E-state index in [0.29, 0.717) is 0 Å². The fraction of sp³-hybridized carbons (Fsp3) is 0.455. The monoisotopic (exact) mass is 179 g/mol. The number of likely N-dealkylation sites (N-methyl/N-ethyl adjacent to an activating group) is 1. The molecule has 0 radical (unpaired) electrons. The van der Waals surface area contributed by atoms with Crippen LogP contribution in [0.1, 0.15) is 5.56 Å². The smallest absolute Gasteiger partial charge is 0.0558 e. The maximum Gasteiger partial charge on any atom is 0.0558 e. The Morgan fingerprint density at radius 3 is 2.46 bits per heavy atom. The van der Waals surface area contributed by atoms with Crippen LogP contribution in [-0.2, 0) is 6.42 Å². The molecule has 0 heterocycles. The van der Waals surface area contributed by atoms with Crippen LogP contribution in [0, 0.1) is 0 Å². The Balaban J connectivity index is 2.27. The summed E-state index contributed by atoms with van der Waals surface area (Å²) in [5.74, 6) is 0. The first-order valence-corrected chi connectivity index (χ1v) is 4.66. The number of rotatable bonds is 5. The van der Waals surface area contributed by atoms with Crippen molar-refractivity contribution in [3.63, 3.8) is 0 Å². The molecule has 2 nitrogen and oxygen atoms in total. The highest BCUT2D eigenvalue weighted by atomic mass is 16.3. The second-order valence-corrected chi connectivity index (χ2v) is 3.26. The Hall–Kier alpha value is -0.860. The molecule has 0 unspecified atom stereocenters. The highest BCUT2D eigenvalue weighted by Gasteiger charge is 1.97. The zero-order valence-electron chi connectivity index (χ0n) is 8.11. The van der Waals surface area contributed by atoms with Crippen LogP contribution in [0.2, 0.25) is 0 Å². The summed E-state index contributed by atoms with van der Waals surface area (Å²) in [6.07, 6.45) is 1.05. The van der Waals surface area contributed by atoms with E-state index in [1.165, 1.54) is 5.56 Å². The van der Waals surface area contributed by atoms with E-state index < -0.39 is 0 Å². The molecule has 13 heavy (non-hydrogen) atoms. The average molecular weight is 179 g/mol. The van der Waals surface area contributed by atoms with E-state index in [4.69, 9.17) is 5.11 Å². The third-order valence-corrected chi connectivity index (χ3v) is 2.11. The van der Waals surface area contributed by atoms with Gasteiger partial charge in [-0.05, 0) is 19.0 Å². The maximum absolute atomic E-state index is 8.69. The highest BCUT2D eigenvalue weighted by Crippen LogP contribution is 1.99. The molecular weight excluding hydrogens is 162 g/mol. The number of nitrogens with zero attached hydrogens (tertiary/aromatic N) is 1. The normalized spacial score (nSPS) is 10.7. The molecule has 0 saturated carbocycles. The predicted molar refractivity (Wildman–Crippen MR) is 54.7 cm³/mol. The van der Waals surface area contributed by atoms with Gasteiger partial charge in [0, 0.05) is 13.1 Å². The Morgan fingerprint density at radius 1 is 1.15 bits per heavy atom. The third-order valence-electron chi connectivity index (χ3n) is 2.11. The van der Waals surface area contributed by atoms with Gasteiger partial charge in [0.25, 0.3) is 0 Å². The number of benzene rings is 1. The summed E-state index contributed by atoms with van der Waals surface area (Å²) < 4.78 is 0. The van der Waals surface area contributed by atoms with Crippen molar-refractivity contribution in [3.8, 4) is 0 Å². The molecular formula is C11H17NO. The Morgan fingerprint density at radius 2 is 1.85 bits per heavy atom. The summed E-state index contributed by atoms with van der Waals surface area (Å²) in [5.41, 5.74) is 1.35. The van der Waals surface area contributed by atoms with Crippen molar-refractivity contribution in [1.29, 1.82) is 0 Å². The van der Waals surface area contributed by atoms with Crippen molar-refractivity contribution in [2.24, 2.45) is 0 Å². The zero-order chi connectivity index (χ0) is 9.52. The van der Waals surface area contributed by atoms with E-state index in [0.717, 1.165) is 19.5 Å². The van der Waals surface area contributed by atoms with Gasteiger partial charge in [-0.1, -0.05) is 30.3 Å². The van der Waals surface area contributed by atoms with Gasteiger partial charge in [-0.25, -0.2) is 0 Å². The first-order chi connectivity index (χ1) is 6.33. The van der Waals surface area contributed by atoms with E-state index in [1.807, 2.05) is 13.1 Å². The largest absolute Gasteiger partial charge is 0.395 e. The van der Waals surface area contributed by atoms with Crippen LogP contribution in [0.15, 0.2) is 30.3 Å². The lowest BCUT2D eigenvalue weighted by molar-refractivity contribution is 0.223. The molecule has 2 heteroatoms. The van der Waals surface area contributed by atoms with Gasteiger partial charge >= 0.3 is 0 Å². The number of hydrogen-bond donors (Lipinski definition) is 1. The SMILES string of the molecule is CN(CCO)CCc1ccccc1. The van der Waals surface area contributed by atoms with E-state index in [-0.39, 0.29) is 6.61 Å². The average Bonchev–Trinajstić information content (AvgIpc) is 2.17. The number of aliphatic hydroxyl groups is 1. The number of hydrogen-bond acceptors (Lipinski definition) is 2. The van der Waals surface area contributed by atoms with Crippen LogP contribution >= 0.6 is 0 Å². The van der Waals surface area contributed by atoms with Gasteiger partial charge in [0.1, 0.15) is 0 Å². The van der Waals surface area contributed by atoms with E-state index in [9.17, 15) is 0 Å². The van der Waals surface area contributed by atoms with Gasteiger partial charge in [0.15, 0.2) is 0 Å². The summed E-state index contributed by atoms with van der Waals surface area (Å²) >= 11 is 0. The standard InChI is InChI=1S/C11H17NO/c1-12(9-10-13)8-7-11-5-3-2-4-6-11/h2-6,13H,7-10H2,1H3. The van der Waals surface area contributed by atoms with Crippen molar-refractivity contribution in [2.45, 2.75) is 6.42 Å². The molecule has 0 aliphatic rings. The molecule has 1 N–H and O–H groups in total. The third kappa shape index (κ3) is 4.06. The van der Waals surface area contributed by atoms with E-state index in [2.05, 4.69) is 29.2 Å². The lowest BCUT2D eigenvalue weighted by atomic mass is 10.1. The minimum absolute atomic E-state index is 0.241. The Labute approximate surface area is 79.8 Å². The first-order valence-electron chi connectivity index (χ1n) is 4.66. The lowest BCUT2D eigenvalue weighted by Gasteiger charge is -2.14. The van der Waals surface area contributed by atoms with Crippen molar-refractivity contribution < 1.29 is 5.11 Å². The molecule has 0 aliphatic carbocycles. The fourth-order valence-corrected chi connectivity index (χ4v) is 1.25. The van der Waals surface area contributed by atoms with E-state index in [1.54, 1.807) is 0 Å². The summed E-state index contributed by atoms with van der Waals surface area (Å²) in [7, 11) is 2.03. The molecule has 0 atom stereocenters. The molecule has 1 rings (SSSR count). The molecule has 0 fully saturated rings. The second kappa shape index (κ2) is 5.73. The fourth-order valence-electron chi connectivity index (χ4n) is 1.25. The van der Waals surface area contributed by atoms with Crippen LogP contribution < -0.4 is 0 Å². The minimum Gasteiger partial charge on any atom is -0.395 e. The quantitative estimate of drug-likeness (QED) is 0.733. The summed E-state index contributed by atoms with van der Waals surface area (Å²) in [5, 5.41) is 8.69. The van der Waals surface area contributed by atoms with Gasteiger partial charge in [0.05, 0.1) is 6.61 Å². The van der Waals surface area contributed by atoms with Crippen molar-refractivity contribution in [2.75, 3.05) is 26.7 Å². The Kier molecular flexibility index (Phi) is 4.50. The molecule has 0 aliphatic heterocycles. The van der Waals surface area contributed by atoms with Gasteiger partial charge in [-0.15, -0.1) is 0 Å². The van der Waals surface area contributed by atoms with Crippen LogP contribution in [0.25, 0.3) is 0 Å². The van der Waals surface area contributed by atoms with Crippen LogP contribution in [0.5, 0.6) is 0 Å². The summed E-state index contributed by atoms with van der Waals surface area (Å²) in [6.45, 7) is 2.00. The highest BCUT2D eigenvalue weighted by molar-refractivity contribution is 5.14. The van der Waals surface area contributed by atoms with Crippen molar-refractivity contribution >= 4 is 0 Å². The van der Waals surface area contributed by atoms with Gasteiger partial charge < -0.3 is 10.0 Å². The molecule has 0 amide bonds. The van der Waals surface area contributed by atoms with Crippen molar-refractivity contribution in [3.05, 3.63) is 35.9 Å². The van der Waals surface area contributed by atoms with Gasteiger partial charge in [0.2, 0.25) is 0 Å². The molecule has 0 spiro atoms. The number of aliphatic hydroxyl groups excluding tert-OH is 1. The van der Waals surface area contributed by atoms with Gasteiger partial charge in [-0.2, -0.15) is 0 Å². The zero-order valence-corrected chi connectivity index (χ0v) is 8.11. The molecule has 0 bridgehead atoms. The molecule has 1 aromatic carbocycles. The molecule has 0 aromatic heterocycles. The minimum atomic E-state index is 0.241. The molecule has 72 valence electrons. The Bertz CT molecular complexity index is 223. The summed E-state index contributed by atoms with van der Waals surface area (Å²) in [4.78, 5) is 2.13. The van der Waals surface area contributed by atoms with Crippen LogP contribution in [-0.4, -0.2) is 36.8 Å². The summed E-state index contributed by atoms with van der Waals surface area (Å²) in [6, 6.07) is 10.4. The van der Waals surface area contributed by atoms with Crippen LogP contribution in [0.4, 0.5) is 0 Å². The van der Waals surface area contributed by atoms with Crippen molar-refractivity contribution in [1.82, 2.24) is 4.90 Å². The second-order valence-electron chi connectivity index (χ2n) is 3.26. The lowest BCUT2D eigenvalue weighted by Crippen LogP contribution is -2.24. The topological polar surface area (TPSA) is 23.5 Å². The molecule has 0 saturated heterocycles. The maximum atomic E-state index is 8.69.